The van der Waals surface area contributed by atoms with E-state index in [1.165, 1.54) is 17.8 Å². The van der Waals surface area contributed by atoms with E-state index in [2.05, 4.69) is 4.72 Å². The molecular weight excluding hydrogens is 292 g/mol. The number of aromatic nitrogens is 1. The minimum absolute atomic E-state index is 0.0601. The van der Waals surface area contributed by atoms with Crippen LogP contribution in [0.15, 0.2) is 41.4 Å². The molecule has 0 aliphatic heterocycles. The molecular formula is C14H16N2O4S. The molecule has 0 amide bonds. The van der Waals surface area contributed by atoms with Crippen molar-refractivity contribution >= 4 is 16.0 Å². The number of carbonyl (C=O) groups is 1. The van der Waals surface area contributed by atoms with E-state index in [1.807, 2.05) is 31.2 Å². The van der Waals surface area contributed by atoms with E-state index in [-0.39, 0.29) is 17.1 Å². The van der Waals surface area contributed by atoms with E-state index >= 15 is 0 Å². The van der Waals surface area contributed by atoms with Crippen LogP contribution in [-0.2, 0) is 23.6 Å². The number of aromatic carboxylic acids is 1. The molecule has 2 rings (SSSR count). The van der Waals surface area contributed by atoms with Gasteiger partial charge in [-0.1, -0.05) is 29.8 Å². The summed E-state index contributed by atoms with van der Waals surface area (Å²) in [5.74, 6) is -1.17. The van der Waals surface area contributed by atoms with Crippen LogP contribution in [0.25, 0.3) is 0 Å². The predicted molar refractivity (Wildman–Crippen MR) is 77.6 cm³/mol. The largest absolute Gasteiger partial charge is 0.477 e. The van der Waals surface area contributed by atoms with Crippen molar-refractivity contribution in [2.24, 2.45) is 7.05 Å². The third-order valence-electron chi connectivity index (χ3n) is 3.06. The lowest BCUT2D eigenvalue weighted by Gasteiger charge is -2.05. The normalized spacial score (nSPS) is 11.5. The number of hydrogen-bond donors (Lipinski definition) is 2. The third kappa shape index (κ3) is 3.50. The van der Waals surface area contributed by atoms with E-state index in [1.54, 1.807) is 0 Å². The highest BCUT2D eigenvalue weighted by Gasteiger charge is 2.19. The lowest BCUT2D eigenvalue weighted by Crippen LogP contribution is -2.22. The van der Waals surface area contributed by atoms with Crippen LogP contribution < -0.4 is 4.72 Å². The summed E-state index contributed by atoms with van der Waals surface area (Å²) in [4.78, 5) is 10.9. The fourth-order valence-electron chi connectivity index (χ4n) is 1.98. The summed E-state index contributed by atoms with van der Waals surface area (Å²) in [5, 5.41) is 8.95. The van der Waals surface area contributed by atoms with Crippen molar-refractivity contribution in [3.05, 3.63) is 53.3 Å². The van der Waals surface area contributed by atoms with Crippen LogP contribution in [0, 0.1) is 6.92 Å². The van der Waals surface area contributed by atoms with Crippen molar-refractivity contribution in [1.29, 1.82) is 0 Å². The molecule has 2 N–H and O–H groups in total. The van der Waals surface area contributed by atoms with Gasteiger partial charge in [0.15, 0.2) is 0 Å². The summed E-state index contributed by atoms with van der Waals surface area (Å²) in [6.07, 6.45) is 1.28. The van der Waals surface area contributed by atoms with Crippen molar-refractivity contribution in [1.82, 2.24) is 9.29 Å². The highest BCUT2D eigenvalue weighted by Crippen LogP contribution is 2.14. The summed E-state index contributed by atoms with van der Waals surface area (Å²) in [7, 11) is -2.25. The fraction of sp³-hybridized carbons (Fsp3) is 0.214. The molecule has 0 unspecified atom stereocenters. The van der Waals surface area contributed by atoms with Crippen LogP contribution in [0.4, 0.5) is 0 Å². The van der Waals surface area contributed by atoms with Crippen molar-refractivity contribution in [2.75, 3.05) is 0 Å². The van der Waals surface area contributed by atoms with Gasteiger partial charge >= 0.3 is 5.97 Å². The van der Waals surface area contributed by atoms with E-state index in [9.17, 15) is 13.2 Å². The number of hydrogen-bond acceptors (Lipinski definition) is 3. The molecule has 1 aromatic carbocycles. The zero-order valence-corrected chi connectivity index (χ0v) is 12.5. The number of aryl methyl sites for hydroxylation is 2. The van der Waals surface area contributed by atoms with Gasteiger partial charge in [0, 0.05) is 19.8 Å². The number of benzene rings is 1. The number of rotatable bonds is 5. The smallest absolute Gasteiger partial charge is 0.352 e. The van der Waals surface area contributed by atoms with Gasteiger partial charge in [-0.2, -0.15) is 0 Å². The van der Waals surface area contributed by atoms with Gasteiger partial charge in [0.05, 0.1) is 0 Å². The SMILES string of the molecule is Cc1cccc(CNS(=O)(=O)c2cc(C(=O)O)n(C)c2)c1. The van der Waals surface area contributed by atoms with Crippen molar-refractivity contribution < 1.29 is 18.3 Å². The number of nitrogens with one attached hydrogen (secondary N) is 1. The van der Waals surface area contributed by atoms with Gasteiger partial charge in [0.1, 0.15) is 10.6 Å². The van der Waals surface area contributed by atoms with Gasteiger partial charge in [-0.25, -0.2) is 17.9 Å². The summed E-state index contributed by atoms with van der Waals surface area (Å²) < 4.78 is 28.1. The highest BCUT2D eigenvalue weighted by molar-refractivity contribution is 7.89. The van der Waals surface area contributed by atoms with Crippen molar-refractivity contribution in [3.8, 4) is 0 Å². The van der Waals surface area contributed by atoms with Gasteiger partial charge in [-0.15, -0.1) is 0 Å². The highest BCUT2D eigenvalue weighted by atomic mass is 32.2. The number of carboxylic acids is 1. The Bertz CT molecular complexity index is 778. The summed E-state index contributed by atoms with van der Waals surface area (Å²) >= 11 is 0. The molecule has 0 saturated carbocycles. The van der Waals surface area contributed by atoms with Gasteiger partial charge in [0.2, 0.25) is 10.0 Å². The van der Waals surface area contributed by atoms with Crippen LogP contribution in [-0.4, -0.2) is 24.1 Å². The van der Waals surface area contributed by atoms with E-state index in [0.29, 0.717) is 0 Å². The molecule has 0 bridgehead atoms. The summed E-state index contributed by atoms with van der Waals surface area (Å²) in [6, 6.07) is 8.62. The standard InChI is InChI=1S/C14H16N2O4S/c1-10-4-3-5-11(6-10)8-15-21(19,20)12-7-13(14(17)18)16(2)9-12/h3-7,9,15H,8H2,1-2H3,(H,17,18). The molecule has 0 radical (unpaired) electrons. The van der Waals surface area contributed by atoms with E-state index < -0.39 is 16.0 Å². The van der Waals surface area contributed by atoms with Gasteiger partial charge in [-0.05, 0) is 18.6 Å². The molecule has 0 spiro atoms. The lowest BCUT2D eigenvalue weighted by atomic mass is 10.1. The molecule has 7 heteroatoms. The average Bonchev–Trinajstić information content (AvgIpc) is 2.80. The van der Waals surface area contributed by atoms with Crippen LogP contribution in [0.2, 0.25) is 0 Å². The zero-order valence-electron chi connectivity index (χ0n) is 11.7. The van der Waals surface area contributed by atoms with Crippen LogP contribution >= 0.6 is 0 Å². The molecule has 0 aliphatic carbocycles. The van der Waals surface area contributed by atoms with Crippen LogP contribution in [0.5, 0.6) is 0 Å². The number of nitrogens with zero attached hydrogens (tertiary/aromatic N) is 1. The maximum atomic E-state index is 12.2. The second-order valence-corrected chi connectivity index (χ2v) is 6.56. The lowest BCUT2D eigenvalue weighted by molar-refractivity contribution is 0.0686. The quantitative estimate of drug-likeness (QED) is 0.876. The third-order valence-corrected chi connectivity index (χ3v) is 4.43. The average molecular weight is 308 g/mol. The maximum absolute atomic E-state index is 12.2. The van der Waals surface area contributed by atoms with Gasteiger partial charge < -0.3 is 9.67 Å². The van der Waals surface area contributed by atoms with Crippen molar-refractivity contribution in [2.45, 2.75) is 18.4 Å². The van der Waals surface area contributed by atoms with Crippen molar-refractivity contribution in [3.63, 3.8) is 0 Å². The Morgan fingerprint density at radius 2 is 2.05 bits per heavy atom. The second kappa shape index (κ2) is 5.71. The number of sulfonamides is 1. The Balaban J connectivity index is 2.19. The van der Waals surface area contributed by atoms with Crippen LogP contribution in [0.3, 0.4) is 0 Å². The molecule has 1 aromatic heterocycles. The molecule has 2 aromatic rings. The number of carboxylic acid groups (broad SMARTS) is 1. The molecule has 6 nitrogen and oxygen atoms in total. The Morgan fingerprint density at radius 3 is 2.62 bits per heavy atom. The monoisotopic (exact) mass is 308 g/mol. The van der Waals surface area contributed by atoms with E-state index in [4.69, 9.17) is 5.11 Å². The molecule has 0 fully saturated rings. The van der Waals surface area contributed by atoms with Crippen LogP contribution in [0.1, 0.15) is 21.6 Å². The summed E-state index contributed by atoms with van der Waals surface area (Å²) in [6.45, 7) is 2.08. The predicted octanol–water partition coefficient (Wildman–Crippen LogP) is 1.51. The molecule has 21 heavy (non-hydrogen) atoms. The first-order valence-corrected chi connectivity index (χ1v) is 7.73. The first-order chi connectivity index (χ1) is 9.79. The Labute approximate surface area is 123 Å². The Kier molecular flexibility index (Phi) is 4.15. The first-order valence-electron chi connectivity index (χ1n) is 6.24. The topological polar surface area (TPSA) is 88.4 Å². The summed E-state index contributed by atoms with van der Waals surface area (Å²) in [5.41, 5.74) is 1.80. The molecule has 0 atom stereocenters. The molecule has 112 valence electrons. The molecule has 0 aliphatic rings. The zero-order chi connectivity index (χ0) is 15.6. The maximum Gasteiger partial charge on any atom is 0.352 e. The fourth-order valence-corrected chi connectivity index (χ4v) is 3.06. The molecule has 1 heterocycles. The minimum Gasteiger partial charge on any atom is -0.477 e. The van der Waals surface area contributed by atoms with E-state index in [0.717, 1.165) is 17.2 Å². The Hall–Kier alpha value is -2.12. The van der Waals surface area contributed by atoms with Gasteiger partial charge in [0.25, 0.3) is 0 Å². The van der Waals surface area contributed by atoms with Gasteiger partial charge in [-0.3, -0.25) is 0 Å². The Morgan fingerprint density at radius 1 is 1.33 bits per heavy atom. The molecule has 0 saturated heterocycles. The minimum atomic E-state index is -3.74. The first kappa shape index (κ1) is 15.3. The second-order valence-electron chi connectivity index (χ2n) is 4.79.